The number of nitrogens with one attached hydrogen (secondary N) is 2. The molecule has 3 rings (SSSR count). The molecular formula is C16H14N2O4S. The van der Waals surface area contributed by atoms with Gasteiger partial charge in [-0.05, 0) is 36.1 Å². The van der Waals surface area contributed by atoms with E-state index in [-0.39, 0.29) is 18.1 Å². The summed E-state index contributed by atoms with van der Waals surface area (Å²) >= 11 is 1.41. The van der Waals surface area contributed by atoms with E-state index in [2.05, 4.69) is 10.3 Å². The maximum atomic E-state index is 11.9. The molecule has 7 heteroatoms. The molecule has 3 aromatic rings. The molecule has 0 spiro atoms. The molecule has 0 unspecified atom stereocenters. The van der Waals surface area contributed by atoms with E-state index in [1.54, 1.807) is 24.3 Å². The van der Waals surface area contributed by atoms with Crippen LogP contribution < -0.4 is 11.1 Å². The van der Waals surface area contributed by atoms with Gasteiger partial charge in [-0.1, -0.05) is 6.07 Å². The zero-order valence-corrected chi connectivity index (χ0v) is 12.9. The van der Waals surface area contributed by atoms with E-state index in [0.29, 0.717) is 29.6 Å². The number of carbonyl (C=O) groups excluding carboxylic acids is 2. The third-order valence-corrected chi connectivity index (χ3v) is 4.22. The molecule has 2 N–H and O–H groups in total. The van der Waals surface area contributed by atoms with E-state index in [0.717, 1.165) is 4.88 Å². The number of hydrogen-bond donors (Lipinski definition) is 2. The van der Waals surface area contributed by atoms with Gasteiger partial charge in [0.25, 0.3) is 0 Å². The van der Waals surface area contributed by atoms with Crippen LogP contribution in [0.25, 0.3) is 11.1 Å². The van der Waals surface area contributed by atoms with Gasteiger partial charge in [0, 0.05) is 18.5 Å². The number of aromatic amines is 1. The van der Waals surface area contributed by atoms with E-state index in [4.69, 9.17) is 4.42 Å². The quantitative estimate of drug-likeness (QED) is 0.679. The lowest BCUT2D eigenvalue weighted by molar-refractivity contribution is -0.116. The Morgan fingerprint density at radius 1 is 1.22 bits per heavy atom. The van der Waals surface area contributed by atoms with Gasteiger partial charge in [0.2, 0.25) is 5.91 Å². The highest BCUT2D eigenvalue weighted by Crippen LogP contribution is 2.17. The monoisotopic (exact) mass is 330 g/mol. The first-order valence-corrected chi connectivity index (χ1v) is 7.99. The Morgan fingerprint density at radius 3 is 2.87 bits per heavy atom. The van der Waals surface area contributed by atoms with E-state index in [9.17, 15) is 14.4 Å². The van der Waals surface area contributed by atoms with E-state index in [1.807, 2.05) is 11.4 Å². The van der Waals surface area contributed by atoms with Gasteiger partial charge in [-0.2, -0.15) is 0 Å². The van der Waals surface area contributed by atoms with Crippen LogP contribution >= 0.6 is 11.3 Å². The Hall–Kier alpha value is -2.67. The van der Waals surface area contributed by atoms with E-state index in [1.165, 1.54) is 11.3 Å². The summed E-state index contributed by atoms with van der Waals surface area (Å²) in [7, 11) is 0. The minimum absolute atomic E-state index is 0.0604. The molecule has 0 fully saturated rings. The zero-order valence-electron chi connectivity index (χ0n) is 12.1. The first-order chi connectivity index (χ1) is 11.1. The number of oxazole rings is 1. The second-order valence-corrected chi connectivity index (χ2v) is 5.98. The van der Waals surface area contributed by atoms with Crippen molar-refractivity contribution >= 4 is 39.8 Å². The highest BCUT2D eigenvalue weighted by atomic mass is 32.1. The molecule has 0 aliphatic carbocycles. The first-order valence-electron chi connectivity index (χ1n) is 7.11. The molecule has 0 aliphatic rings. The highest BCUT2D eigenvalue weighted by molar-refractivity contribution is 7.12. The predicted molar refractivity (Wildman–Crippen MR) is 88.0 cm³/mol. The van der Waals surface area contributed by atoms with Gasteiger partial charge < -0.3 is 9.73 Å². The van der Waals surface area contributed by atoms with Crippen molar-refractivity contribution in [3.63, 3.8) is 0 Å². The number of anilines is 1. The summed E-state index contributed by atoms with van der Waals surface area (Å²) in [5.41, 5.74) is 1.54. The number of H-pyrrole nitrogens is 1. The summed E-state index contributed by atoms with van der Waals surface area (Å²) in [6, 6.07) is 8.53. The Labute approximate surface area is 135 Å². The van der Waals surface area contributed by atoms with Crippen molar-refractivity contribution in [2.45, 2.75) is 19.3 Å². The number of Topliss-reactive ketones (excluding diaryl/α,β-unsaturated/α-hetero) is 1. The van der Waals surface area contributed by atoms with Crippen LogP contribution in [0.1, 0.15) is 28.9 Å². The molecule has 1 aromatic carbocycles. The number of benzene rings is 1. The van der Waals surface area contributed by atoms with Gasteiger partial charge in [-0.25, -0.2) is 4.79 Å². The van der Waals surface area contributed by atoms with Gasteiger partial charge in [0.15, 0.2) is 11.4 Å². The van der Waals surface area contributed by atoms with Gasteiger partial charge >= 0.3 is 5.76 Å². The lowest BCUT2D eigenvalue weighted by atomic mass is 10.1. The minimum atomic E-state index is -0.532. The number of aromatic nitrogens is 1. The predicted octanol–water partition coefficient (Wildman–Crippen LogP) is 3.17. The number of fused-ring (bicyclic) bond motifs is 1. The van der Waals surface area contributed by atoms with Crippen LogP contribution in [0.15, 0.2) is 44.9 Å². The largest absolute Gasteiger partial charge is 0.417 e. The zero-order chi connectivity index (χ0) is 16.2. The third kappa shape index (κ3) is 3.75. The van der Waals surface area contributed by atoms with E-state index < -0.39 is 5.76 Å². The molecular weight excluding hydrogens is 316 g/mol. The molecule has 0 bridgehead atoms. The SMILES string of the molecule is O=C(CCCC(=O)c1cccs1)Nc1ccc2oc(=O)[nH]c2c1. The molecule has 0 saturated carbocycles. The number of thiophene rings is 1. The van der Waals surface area contributed by atoms with Gasteiger partial charge in [-0.3, -0.25) is 14.6 Å². The molecule has 1 amide bonds. The van der Waals surface area contributed by atoms with Crippen molar-refractivity contribution in [1.29, 1.82) is 0 Å². The normalized spacial score (nSPS) is 10.8. The fraction of sp³-hybridized carbons (Fsp3) is 0.188. The summed E-state index contributed by atoms with van der Waals surface area (Å²) < 4.78 is 4.89. The van der Waals surface area contributed by atoms with Crippen molar-refractivity contribution in [2.24, 2.45) is 0 Å². The maximum Gasteiger partial charge on any atom is 0.417 e. The maximum absolute atomic E-state index is 11.9. The number of ketones is 1. The number of rotatable bonds is 6. The van der Waals surface area contributed by atoms with Crippen molar-refractivity contribution in [3.8, 4) is 0 Å². The van der Waals surface area contributed by atoms with Crippen LogP contribution in [0.2, 0.25) is 0 Å². The Balaban J connectivity index is 1.52. The van der Waals surface area contributed by atoms with Crippen molar-refractivity contribution < 1.29 is 14.0 Å². The van der Waals surface area contributed by atoms with Crippen molar-refractivity contribution in [2.75, 3.05) is 5.32 Å². The average Bonchev–Trinajstić information content (AvgIpc) is 3.15. The van der Waals surface area contributed by atoms with Crippen molar-refractivity contribution in [3.05, 3.63) is 51.1 Å². The Morgan fingerprint density at radius 2 is 2.09 bits per heavy atom. The average molecular weight is 330 g/mol. The molecule has 0 aliphatic heterocycles. The standard InChI is InChI=1S/C16H14N2O4S/c19-12(14-4-2-8-23-14)3-1-5-15(20)17-10-6-7-13-11(9-10)18-16(21)22-13/h2,4,6-9H,1,3,5H2,(H,17,20)(H,18,21). The van der Waals surface area contributed by atoms with Crippen LogP contribution in [0.5, 0.6) is 0 Å². The van der Waals surface area contributed by atoms with Crippen LogP contribution in [0.4, 0.5) is 5.69 Å². The highest BCUT2D eigenvalue weighted by Gasteiger charge is 2.09. The smallest absolute Gasteiger partial charge is 0.408 e. The number of carbonyl (C=O) groups is 2. The van der Waals surface area contributed by atoms with Crippen LogP contribution in [0.3, 0.4) is 0 Å². The number of amides is 1. The fourth-order valence-corrected chi connectivity index (χ4v) is 2.92. The van der Waals surface area contributed by atoms with Gasteiger partial charge in [0.05, 0.1) is 10.4 Å². The molecule has 23 heavy (non-hydrogen) atoms. The topological polar surface area (TPSA) is 92.2 Å². The first kappa shape index (κ1) is 15.2. The van der Waals surface area contributed by atoms with Gasteiger partial charge in [-0.15, -0.1) is 11.3 Å². The van der Waals surface area contributed by atoms with Crippen LogP contribution in [0, 0.1) is 0 Å². The molecule has 118 valence electrons. The number of hydrogen-bond acceptors (Lipinski definition) is 5. The molecule has 2 aromatic heterocycles. The van der Waals surface area contributed by atoms with E-state index >= 15 is 0 Å². The van der Waals surface area contributed by atoms with Crippen LogP contribution in [-0.4, -0.2) is 16.7 Å². The lowest BCUT2D eigenvalue weighted by Gasteiger charge is -2.04. The summed E-state index contributed by atoms with van der Waals surface area (Å²) in [5.74, 6) is -0.644. The Kier molecular flexibility index (Phi) is 4.38. The third-order valence-electron chi connectivity index (χ3n) is 3.31. The minimum Gasteiger partial charge on any atom is -0.408 e. The van der Waals surface area contributed by atoms with Crippen LogP contribution in [-0.2, 0) is 4.79 Å². The second kappa shape index (κ2) is 6.62. The second-order valence-electron chi connectivity index (χ2n) is 5.03. The molecule has 2 heterocycles. The summed E-state index contributed by atoms with van der Waals surface area (Å²) in [6.45, 7) is 0. The molecule has 6 nitrogen and oxygen atoms in total. The summed E-state index contributed by atoms with van der Waals surface area (Å²) in [4.78, 5) is 38.1. The fourth-order valence-electron chi connectivity index (χ4n) is 2.22. The summed E-state index contributed by atoms with van der Waals surface area (Å²) in [5, 5.41) is 4.60. The summed E-state index contributed by atoms with van der Waals surface area (Å²) in [6.07, 6.45) is 1.10. The molecule has 0 saturated heterocycles. The lowest BCUT2D eigenvalue weighted by Crippen LogP contribution is -2.11. The molecule has 0 atom stereocenters. The molecule has 0 radical (unpaired) electrons. The van der Waals surface area contributed by atoms with Gasteiger partial charge in [0.1, 0.15) is 0 Å². The Bertz CT molecular complexity index is 892. The van der Waals surface area contributed by atoms with Crippen molar-refractivity contribution in [1.82, 2.24) is 4.98 Å².